The van der Waals surface area contributed by atoms with Crippen LogP contribution in [0.4, 0.5) is 0 Å². The molecule has 2 aliphatic carbocycles. The lowest BCUT2D eigenvalue weighted by molar-refractivity contribution is -0.132. The van der Waals surface area contributed by atoms with Crippen LogP contribution in [0.5, 0.6) is 0 Å². The molecule has 0 aromatic heterocycles. The molecule has 2 saturated carbocycles. The summed E-state index contributed by atoms with van der Waals surface area (Å²) in [5.74, 6) is 0.776. The fraction of sp³-hybridized carbons (Fsp3) is 0.667. The molecule has 0 heterocycles. The van der Waals surface area contributed by atoms with Crippen LogP contribution in [0, 0.1) is 23.2 Å². The van der Waals surface area contributed by atoms with Crippen molar-refractivity contribution in [2.45, 2.75) is 91.6 Å². The molecule has 0 aromatic carbocycles. The number of carbonyl (C=O) groups is 1. The monoisotopic (exact) mass is 414 g/mol. The van der Waals surface area contributed by atoms with E-state index in [0.717, 1.165) is 44.1 Å². The molecule has 0 radical (unpaired) electrons. The minimum atomic E-state index is -0.873. The highest BCUT2D eigenvalue weighted by molar-refractivity contribution is 5.85. The third-order valence-electron chi connectivity index (χ3n) is 8.29. The van der Waals surface area contributed by atoms with E-state index in [2.05, 4.69) is 53.0 Å². The van der Waals surface area contributed by atoms with Gasteiger partial charge in [-0.15, -0.1) is 0 Å². The second kappa shape index (κ2) is 10.6. The Labute approximate surface area is 183 Å². The van der Waals surface area contributed by atoms with Crippen LogP contribution in [0.15, 0.2) is 47.6 Å². The van der Waals surface area contributed by atoms with Gasteiger partial charge in [0.25, 0.3) is 0 Å². The number of carboxylic acid groups (broad SMARTS) is 1. The Morgan fingerprint density at radius 2 is 1.97 bits per heavy atom. The van der Waals surface area contributed by atoms with Crippen molar-refractivity contribution in [3.8, 4) is 0 Å². The zero-order valence-corrected chi connectivity index (χ0v) is 19.5. The van der Waals surface area contributed by atoms with Crippen molar-refractivity contribution < 1.29 is 15.0 Å². The Hall–Kier alpha value is -1.61. The van der Waals surface area contributed by atoms with Crippen molar-refractivity contribution in [2.75, 3.05) is 0 Å². The molecule has 3 heteroatoms. The number of rotatable bonds is 8. The van der Waals surface area contributed by atoms with Gasteiger partial charge in [-0.3, -0.25) is 0 Å². The van der Waals surface area contributed by atoms with E-state index in [0.29, 0.717) is 29.7 Å². The topological polar surface area (TPSA) is 57.5 Å². The maximum absolute atomic E-state index is 11.0. The van der Waals surface area contributed by atoms with Gasteiger partial charge in [-0.2, -0.15) is 0 Å². The first-order valence-corrected chi connectivity index (χ1v) is 11.7. The molecule has 0 spiro atoms. The summed E-state index contributed by atoms with van der Waals surface area (Å²) in [4.78, 5) is 11.0. The van der Waals surface area contributed by atoms with Gasteiger partial charge in [-0.25, -0.2) is 4.79 Å². The zero-order valence-electron chi connectivity index (χ0n) is 19.5. The number of allylic oxidation sites excluding steroid dienone is 3. The van der Waals surface area contributed by atoms with Gasteiger partial charge in [-0.05, 0) is 80.1 Å². The summed E-state index contributed by atoms with van der Waals surface area (Å²) in [5, 5.41) is 19.1. The van der Waals surface area contributed by atoms with Crippen LogP contribution in [0.25, 0.3) is 0 Å². The van der Waals surface area contributed by atoms with E-state index in [9.17, 15) is 9.90 Å². The molecular weight excluding hydrogens is 372 g/mol. The predicted molar refractivity (Wildman–Crippen MR) is 125 cm³/mol. The number of carboxylic acids is 1. The van der Waals surface area contributed by atoms with Crippen molar-refractivity contribution in [3.63, 3.8) is 0 Å². The van der Waals surface area contributed by atoms with E-state index < -0.39 is 5.97 Å². The molecule has 5 atom stereocenters. The van der Waals surface area contributed by atoms with Gasteiger partial charge in [0.2, 0.25) is 0 Å². The molecule has 2 rings (SSSR count). The Bertz CT molecular complexity index is 714. The van der Waals surface area contributed by atoms with Crippen LogP contribution < -0.4 is 0 Å². The molecule has 2 aliphatic rings. The molecule has 0 aromatic rings. The molecular formula is C27H42O3. The number of hydrogen-bond acceptors (Lipinski definition) is 2. The highest BCUT2D eigenvalue weighted by Crippen LogP contribution is 2.51. The largest absolute Gasteiger partial charge is 0.478 e. The molecule has 3 nitrogen and oxygen atoms in total. The minimum Gasteiger partial charge on any atom is -0.478 e. The predicted octanol–water partition coefficient (Wildman–Crippen LogP) is 6.85. The fourth-order valence-electron chi connectivity index (χ4n) is 5.38. The van der Waals surface area contributed by atoms with Gasteiger partial charge in [0, 0.05) is 5.57 Å². The molecule has 2 N–H and O–H groups in total. The number of hydrogen-bond donors (Lipinski definition) is 2. The normalized spacial score (nSPS) is 32.2. The summed E-state index contributed by atoms with van der Waals surface area (Å²) in [7, 11) is 0. The van der Waals surface area contributed by atoms with E-state index in [1.165, 1.54) is 24.0 Å². The molecule has 168 valence electrons. The van der Waals surface area contributed by atoms with Crippen LogP contribution in [0.2, 0.25) is 0 Å². The molecule has 0 saturated heterocycles. The average Bonchev–Trinajstić information content (AvgIpc) is 2.70. The van der Waals surface area contributed by atoms with Crippen LogP contribution in [0.3, 0.4) is 0 Å². The van der Waals surface area contributed by atoms with Gasteiger partial charge in [-0.1, -0.05) is 70.6 Å². The van der Waals surface area contributed by atoms with Crippen molar-refractivity contribution in [2.24, 2.45) is 23.2 Å². The minimum absolute atomic E-state index is 0.256. The summed E-state index contributed by atoms with van der Waals surface area (Å²) in [6.45, 7) is 17.2. The summed E-state index contributed by atoms with van der Waals surface area (Å²) in [6.07, 6.45) is 13.0. The highest BCUT2D eigenvalue weighted by Gasteiger charge is 2.42. The van der Waals surface area contributed by atoms with Gasteiger partial charge in [0.1, 0.15) is 0 Å². The molecule has 30 heavy (non-hydrogen) atoms. The van der Waals surface area contributed by atoms with Crippen LogP contribution in [-0.2, 0) is 4.79 Å². The summed E-state index contributed by atoms with van der Waals surface area (Å²) in [6, 6.07) is 0. The standard InChI is InChI=1S/C27H42O3/c1-18(9-7-10-20(3)26(29)30)21(4)27(6)16-8-11-24(22(27)5)15-14-23-13-12-19(2)25(28)17-23/h14-15,18,21-22,25,28H,2-3,7-13,16-17H2,1,4-6H3,(H,29,30)/b23-14-,24-15+/t18-,21?,22?,25-,27-/m1/s1. The van der Waals surface area contributed by atoms with E-state index >= 15 is 0 Å². The molecule has 0 aliphatic heterocycles. The van der Waals surface area contributed by atoms with Gasteiger partial charge < -0.3 is 10.2 Å². The molecule has 0 amide bonds. The van der Waals surface area contributed by atoms with Crippen molar-refractivity contribution >= 4 is 5.97 Å². The van der Waals surface area contributed by atoms with Gasteiger partial charge >= 0.3 is 5.97 Å². The summed E-state index contributed by atoms with van der Waals surface area (Å²) >= 11 is 0. The Morgan fingerprint density at radius 1 is 1.27 bits per heavy atom. The number of aliphatic carboxylic acids is 1. The first kappa shape index (κ1) is 24.7. The Kier molecular flexibility index (Phi) is 8.73. The third kappa shape index (κ3) is 5.97. The van der Waals surface area contributed by atoms with Crippen LogP contribution >= 0.6 is 0 Å². The Balaban J connectivity index is 2.02. The summed E-state index contributed by atoms with van der Waals surface area (Å²) in [5.41, 5.74) is 4.41. The lowest BCUT2D eigenvalue weighted by Crippen LogP contribution is -2.39. The fourth-order valence-corrected chi connectivity index (χ4v) is 5.38. The summed E-state index contributed by atoms with van der Waals surface area (Å²) < 4.78 is 0. The van der Waals surface area contributed by atoms with E-state index in [-0.39, 0.29) is 11.5 Å². The maximum atomic E-state index is 11.0. The lowest BCUT2D eigenvalue weighted by atomic mass is 9.57. The lowest BCUT2D eigenvalue weighted by Gasteiger charge is -2.48. The van der Waals surface area contributed by atoms with Gasteiger partial charge in [0.05, 0.1) is 6.10 Å². The second-order valence-corrected chi connectivity index (χ2v) is 10.1. The van der Waals surface area contributed by atoms with Crippen molar-refractivity contribution in [1.82, 2.24) is 0 Å². The van der Waals surface area contributed by atoms with E-state index in [1.54, 1.807) is 0 Å². The zero-order chi connectivity index (χ0) is 22.5. The van der Waals surface area contributed by atoms with E-state index in [1.807, 2.05) is 0 Å². The first-order chi connectivity index (χ1) is 14.1. The number of aliphatic hydroxyl groups excluding tert-OH is 1. The second-order valence-electron chi connectivity index (χ2n) is 10.1. The van der Waals surface area contributed by atoms with Gasteiger partial charge in [0.15, 0.2) is 0 Å². The highest BCUT2D eigenvalue weighted by atomic mass is 16.4. The smallest absolute Gasteiger partial charge is 0.330 e. The molecule has 2 unspecified atom stereocenters. The SMILES string of the molecule is C=C(CCC[C@@H](C)C(C)[C@@]1(C)CCC/C(=C\C=C2\CCC(=C)[C@H](O)C2)C1C)C(=O)O. The van der Waals surface area contributed by atoms with Crippen LogP contribution in [-0.4, -0.2) is 22.3 Å². The Morgan fingerprint density at radius 3 is 2.60 bits per heavy atom. The average molecular weight is 415 g/mol. The van der Waals surface area contributed by atoms with Crippen LogP contribution in [0.1, 0.15) is 85.5 Å². The maximum Gasteiger partial charge on any atom is 0.330 e. The molecule has 0 bridgehead atoms. The van der Waals surface area contributed by atoms with Crippen molar-refractivity contribution in [1.29, 1.82) is 0 Å². The first-order valence-electron chi connectivity index (χ1n) is 11.7. The molecule has 2 fully saturated rings. The van der Waals surface area contributed by atoms with E-state index in [4.69, 9.17) is 5.11 Å². The third-order valence-corrected chi connectivity index (χ3v) is 8.29. The quantitative estimate of drug-likeness (QED) is 0.337. The number of aliphatic hydroxyl groups is 1. The van der Waals surface area contributed by atoms with Crippen molar-refractivity contribution in [3.05, 3.63) is 47.6 Å².